The first kappa shape index (κ1) is 16.4. The van der Waals surface area contributed by atoms with Crippen molar-refractivity contribution in [2.24, 2.45) is 0 Å². The maximum Gasteiger partial charge on any atom is 0.433 e. The van der Waals surface area contributed by atoms with E-state index in [0.717, 1.165) is 10.6 Å². The fourth-order valence-electron chi connectivity index (χ4n) is 2.30. The summed E-state index contributed by atoms with van der Waals surface area (Å²) >= 11 is 3.29. The number of aromatic nitrogens is 3. The summed E-state index contributed by atoms with van der Waals surface area (Å²) in [5.41, 5.74) is -1.58. The molecule has 2 aromatic heterocycles. The second-order valence-electron chi connectivity index (χ2n) is 4.85. The predicted molar refractivity (Wildman–Crippen MR) is 87.4 cm³/mol. The van der Waals surface area contributed by atoms with Gasteiger partial charge in [-0.15, -0.1) is 0 Å². The Labute approximate surface area is 142 Å². The second-order valence-corrected chi connectivity index (χ2v) is 5.70. The van der Waals surface area contributed by atoms with Gasteiger partial charge in [0.15, 0.2) is 5.65 Å². The van der Waals surface area contributed by atoms with Crippen LogP contribution in [0.5, 0.6) is 0 Å². The number of hydrogen-bond donors (Lipinski definition) is 1. The zero-order valence-corrected chi connectivity index (χ0v) is 13.8. The highest BCUT2D eigenvalue weighted by atomic mass is 79.9. The molecule has 0 saturated carbocycles. The van der Waals surface area contributed by atoms with Crippen molar-refractivity contribution in [3.05, 3.63) is 57.0 Å². The van der Waals surface area contributed by atoms with E-state index in [1.54, 1.807) is 24.3 Å². The fourth-order valence-corrected chi connectivity index (χ4v) is 2.76. The lowest BCUT2D eigenvalue weighted by molar-refractivity contribution is -0.141. The lowest BCUT2D eigenvalue weighted by atomic mass is 10.2. The molecular formula is C15H10BrF3N4O. The Hall–Kier alpha value is -2.42. The van der Waals surface area contributed by atoms with Crippen LogP contribution < -0.4 is 11.0 Å². The summed E-state index contributed by atoms with van der Waals surface area (Å²) in [5, 5.41) is 3.01. The summed E-state index contributed by atoms with van der Waals surface area (Å²) < 4.78 is 40.7. The summed E-state index contributed by atoms with van der Waals surface area (Å²) in [7, 11) is 1.53. The summed E-state index contributed by atoms with van der Waals surface area (Å²) in [6.45, 7) is 0. The van der Waals surface area contributed by atoms with Crippen LogP contribution in [-0.4, -0.2) is 21.6 Å². The van der Waals surface area contributed by atoms with Gasteiger partial charge in [0.1, 0.15) is 11.5 Å². The SMILES string of the molecule is CNc1nc(=O)n(-c2ccccc2Br)c2nc(C(F)(F)F)ccc12. The minimum absolute atomic E-state index is 0.124. The molecule has 124 valence electrons. The average molecular weight is 399 g/mol. The van der Waals surface area contributed by atoms with E-state index in [1.165, 1.54) is 13.1 Å². The monoisotopic (exact) mass is 398 g/mol. The molecule has 1 N–H and O–H groups in total. The Bertz CT molecular complexity index is 985. The molecule has 0 saturated heterocycles. The van der Waals surface area contributed by atoms with Crippen molar-refractivity contribution in [2.75, 3.05) is 12.4 Å². The maximum atomic E-state index is 13.0. The van der Waals surface area contributed by atoms with Crippen LogP contribution in [0.1, 0.15) is 5.69 Å². The quantitative estimate of drug-likeness (QED) is 0.716. The van der Waals surface area contributed by atoms with Crippen LogP contribution in [0.4, 0.5) is 19.0 Å². The van der Waals surface area contributed by atoms with Gasteiger partial charge in [-0.1, -0.05) is 12.1 Å². The molecule has 9 heteroatoms. The van der Waals surface area contributed by atoms with Gasteiger partial charge < -0.3 is 5.32 Å². The Morgan fingerprint density at radius 2 is 1.83 bits per heavy atom. The maximum absolute atomic E-state index is 13.0. The molecule has 0 atom stereocenters. The molecule has 0 aliphatic heterocycles. The van der Waals surface area contributed by atoms with Crippen LogP contribution in [0.15, 0.2) is 45.7 Å². The number of benzene rings is 1. The van der Waals surface area contributed by atoms with E-state index in [0.29, 0.717) is 15.5 Å². The second kappa shape index (κ2) is 5.90. The third-order valence-corrected chi connectivity index (χ3v) is 4.03. The van der Waals surface area contributed by atoms with Gasteiger partial charge in [-0.3, -0.25) is 0 Å². The van der Waals surface area contributed by atoms with E-state index in [1.807, 2.05) is 0 Å². The number of rotatable bonds is 2. The highest BCUT2D eigenvalue weighted by Crippen LogP contribution is 2.31. The zero-order valence-electron chi connectivity index (χ0n) is 12.2. The average Bonchev–Trinajstić information content (AvgIpc) is 2.54. The minimum Gasteiger partial charge on any atom is -0.372 e. The molecule has 1 aromatic carbocycles. The van der Waals surface area contributed by atoms with Crippen LogP contribution >= 0.6 is 15.9 Å². The van der Waals surface area contributed by atoms with Crippen LogP contribution in [-0.2, 0) is 6.18 Å². The van der Waals surface area contributed by atoms with Crippen molar-refractivity contribution in [1.82, 2.24) is 14.5 Å². The molecular weight excluding hydrogens is 389 g/mol. The van der Waals surface area contributed by atoms with E-state index in [2.05, 4.69) is 31.2 Å². The molecule has 3 aromatic rings. The highest BCUT2D eigenvalue weighted by molar-refractivity contribution is 9.10. The van der Waals surface area contributed by atoms with Gasteiger partial charge in [-0.25, -0.2) is 14.3 Å². The zero-order chi connectivity index (χ0) is 17.5. The number of hydrogen-bond acceptors (Lipinski definition) is 4. The molecule has 0 bridgehead atoms. The smallest absolute Gasteiger partial charge is 0.372 e. The van der Waals surface area contributed by atoms with Crippen molar-refractivity contribution in [3.8, 4) is 5.69 Å². The van der Waals surface area contributed by atoms with Crippen LogP contribution in [0.2, 0.25) is 0 Å². The van der Waals surface area contributed by atoms with Gasteiger partial charge in [-0.2, -0.15) is 18.2 Å². The Balaban J connectivity index is 2.46. The molecule has 0 radical (unpaired) electrons. The van der Waals surface area contributed by atoms with Crippen LogP contribution in [0, 0.1) is 0 Å². The fraction of sp³-hybridized carbons (Fsp3) is 0.133. The number of halogens is 4. The van der Waals surface area contributed by atoms with Crippen molar-refractivity contribution >= 4 is 32.8 Å². The van der Waals surface area contributed by atoms with Crippen LogP contribution in [0.3, 0.4) is 0 Å². The lowest BCUT2D eigenvalue weighted by Gasteiger charge is -2.14. The predicted octanol–water partition coefficient (Wildman–Crippen LogP) is 3.60. The molecule has 0 unspecified atom stereocenters. The standard InChI is InChI=1S/C15H10BrF3N4O/c1-20-12-8-6-7-11(15(17,18)19)21-13(8)23(14(24)22-12)10-5-3-2-4-9(10)16/h2-7H,1H3,(H,20,22,24). The van der Waals surface area contributed by atoms with Crippen molar-refractivity contribution in [3.63, 3.8) is 0 Å². The first-order chi connectivity index (χ1) is 11.3. The number of pyridine rings is 1. The summed E-state index contributed by atoms with van der Waals surface area (Å²) in [6, 6.07) is 8.76. The van der Waals surface area contributed by atoms with Gasteiger partial charge >= 0.3 is 11.9 Å². The molecule has 0 fully saturated rings. The van der Waals surface area contributed by atoms with Gasteiger partial charge in [0, 0.05) is 11.5 Å². The van der Waals surface area contributed by atoms with E-state index >= 15 is 0 Å². The number of nitrogens with one attached hydrogen (secondary N) is 1. The third kappa shape index (κ3) is 2.75. The third-order valence-electron chi connectivity index (χ3n) is 3.36. The lowest BCUT2D eigenvalue weighted by Crippen LogP contribution is -2.25. The first-order valence-corrected chi connectivity index (χ1v) is 7.56. The molecule has 0 spiro atoms. The molecule has 5 nitrogen and oxygen atoms in total. The van der Waals surface area contributed by atoms with Gasteiger partial charge in [0.2, 0.25) is 0 Å². The topological polar surface area (TPSA) is 59.8 Å². The Kier molecular flexibility index (Phi) is 4.04. The number of alkyl halides is 3. The molecule has 3 rings (SSSR count). The Morgan fingerprint density at radius 1 is 1.12 bits per heavy atom. The van der Waals surface area contributed by atoms with Gasteiger partial charge in [0.05, 0.1) is 11.1 Å². The molecule has 0 aliphatic carbocycles. The van der Waals surface area contributed by atoms with E-state index in [4.69, 9.17) is 0 Å². The summed E-state index contributed by atoms with van der Waals surface area (Å²) in [5.74, 6) is 0.166. The highest BCUT2D eigenvalue weighted by Gasteiger charge is 2.33. The number of anilines is 1. The Morgan fingerprint density at radius 3 is 2.46 bits per heavy atom. The van der Waals surface area contributed by atoms with E-state index < -0.39 is 17.6 Å². The van der Waals surface area contributed by atoms with Gasteiger partial charge in [0.25, 0.3) is 0 Å². The molecule has 0 aliphatic rings. The molecule has 0 amide bonds. The minimum atomic E-state index is -4.62. The van der Waals surface area contributed by atoms with Crippen LogP contribution in [0.25, 0.3) is 16.7 Å². The number of fused-ring (bicyclic) bond motifs is 1. The normalized spacial score (nSPS) is 11.7. The molecule has 2 heterocycles. The van der Waals surface area contributed by atoms with Crippen molar-refractivity contribution in [1.29, 1.82) is 0 Å². The number of para-hydroxylation sites is 1. The first-order valence-electron chi connectivity index (χ1n) is 6.76. The number of nitrogens with zero attached hydrogens (tertiary/aromatic N) is 3. The summed E-state index contributed by atoms with van der Waals surface area (Å²) in [6.07, 6.45) is -4.62. The van der Waals surface area contributed by atoms with E-state index in [9.17, 15) is 18.0 Å². The molecule has 24 heavy (non-hydrogen) atoms. The largest absolute Gasteiger partial charge is 0.433 e. The van der Waals surface area contributed by atoms with Crippen molar-refractivity contribution in [2.45, 2.75) is 6.18 Å². The van der Waals surface area contributed by atoms with E-state index in [-0.39, 0.29) is 11.5 Å². The van der Waals surface area contributed by atoms with Crippen molar-refractivity contribution < 1.29 is 13.2 Å². The van der Waals surface area contributed by atoms with Gasteiger partial charge in [-0.05, 0) is 40.2 Å². The summed E-state index contributed by atoms with van der Waals surface area (Å²) in [4.78, 5) is 20.0.